The van der Waals surface area contributed by atoms with E-state index in [1.165, 1.54) is 6.42 Å². The highest BCUT2D eigenvalue weighted by Crippen LogP contribution is 2.40. The van der Waals surface area contributed by atoms with Gasteiger partial charge in [-0.2, -0.15) is 0 Å². The van der Waals surface area contributed by atoms with Gasteiger partial charge < -0.3 is 19.9 Å². The summed E-state index contributed by atoms with van der Waals surface area (Å²) in [4.78, 5) is 0. The molecular formula is C18H25NO3. The van der Waals surface area contributed by atoms with E-state index >= 15 is 0 Å². The molecule has 2 N–H and O–H groups in total. The lowest BCUT2D eigenvalue weighted by atomic mass is 9.72. The summed E-state index contributed by atoms with van der Waals surface area (Å²) >= 11 is 0. The van der Waals surface area contributed by atoms with Crippen LogP contribution in [0.2, 0.25) is 0 Å². The summed E-state index contributed by atoms with van der Waals surface area (Å²) in [6, 6.07) is 6.28. The van der Waals surface area contributed by atoms with Crippen molar-refractivity contribution in [1.29, 1.82) is 0 Å². The molecule has 0 radical (unpaired) electrons. The molecule has 22 heavy (non-hydrogen) atoms. The molecule has 4 heteroatoms. The largest absolute Gasteiger partial charge is 0.493 e. The molecule has 0 bridgehead atoms. The molecule has 2 fully saturated rings. The first-order valence-corrected chi connectivity index (χ1v) is 8.03. The molecule has 1 heterocycles. The highest BCUT2D eigenvalue weighted by molar-refractivity contribution is 5.56. The zero-order chi connectivity index (χ0) is 15.6. The Hall–Kier alpha value is -1.52. The fraction of sp³-hybridized carbons (Fsp3) is 0.556. The lowest BCUT2D eigenvalue weighted by Crippen LogP contribution is -2.46. The first-order chi connectivity index (χ1) is 10.7. The predicted octanol–water partition coefficient (Wildman–Crippen LogP) is 2.61. The number of hydrogen-bond donors (Lipinski definition) is 2. The summed E-state index contributed by atoms with van der Waals surface area (Å²) in [5.41, 5.74) is 0.318. The van der Waals surface area contributed by atoms with E-state index in [1.807, 2.05) is 30.4 Å². The fourth-order valence-corrected chi connectivity index (χ4v) is 3.86. The third kappa shape index (κ3) is 2.85. The van der Waals surface area contributed by atoms with E-state index in [-0.39, 0.29) is 0 Å². The molecule has 4 nitrogen and oxygen atoms in total. The lowest BCUT2D eigenvalue weighted by molar-refractivity contribution is -0.00718. The van der Waals surface area contributed by atoms with Crippen LogP contribution in [0.25, 0.3) is 6.08 Å². The Morgan fingerprint density at radius 2 is 2.05 bits per heavy atom. The van der Waals surface area contributed by atoms with E-state index in [1.54, 1.807) is 14.2 Å². The van der Waals surface area contributed by atoms with Crippen LogP contribution >= 0.6 is 0 Å². The van der Waals surface area contributed by atoms with Crippen LogP contribution in [0.3, 0.4) is 0 Å². The topological polar surface area (TPSA) is 50.7 Å². The number of methoxy groups -OCH3 is 2. The average Bonchev–Trinajstić information content (AvgIpc) is 3.03. The van der Waals surface area contributed by atoms with Gasteiger partial charge >= 0.3 is 0 Å². The molecule has 1 aromatic carbocycles. The summed E-state index contributed by atoms with van der Waals surface area (Å²) in [5, 5.41) is 14.6. The molecule has 3 unspecified atom stereocenters. The lowest BCUT2D eigenvalue weighted by Gasteiger charge is -2.39. The summed E-state index contributed by atoms with van der Waals surface area (Å²) in [5.74, 6) is 1.76. The van der Waals surface area contributed by atoms with Crippen molar-refractivity contribution in [2.45, 2.75) is 37.3 Å². The van der Waals surface area contributed by atoms with E-state index < -0.39 is 5.60 Å². The molecule has 0 amide bonds. The molecule has 3 atom stereocenters. The molecule has 120 valence electrons. The highest BCUT2D eigenvalue weighted by Gasteiger charge is 2.44. The number of fused-ring (bicyclic) bond motifs is 1. The Morgan fingerprint density at radius 3 is 2.82 bits per heavy atom. The van der Waals surface area contributed by atoms with Crippen LogP contribution in [0.15, 0.2) is 24.3 Å². The van der Waals surface area contributed by atoms with Crippen molar-refractivity contribution in [1.82, 2.24) is 5.32 Å². The van der Waals surface area contributed by atoms with Crippen LogP contribution in [-0.4, -0.2) is 37.5 Å². The van der Waals surface area contributed by atoms with Gasteiger partial charge in [0.2, 0.25) is 0 Å². The van der Waals surface area contributed by atoms with E-state index in [0.29, 0.717) is 17.7 Å². The predicted molar refractivity (Wildman–Crippen MR) is 87.3 cm³/mol. The third-order valence-corrected chi connectivity index (χ3v) is 5.05. The van der Waals surface area contributed by atoms with Gasteiger partial charge in [-0.3, -0.25) is 0 Å². The maximum atomic E-state index is 11.0. The average molecular weight is 303 g/mol. The molecule has 1 aromatic rings. The van der Waals surface area contributed by atoms with Crippen LogP contribution in [0.1, 0.15) is 31.2 Å². The quantitative estimate of drug-likeness (QED) is 0.898. The maximum Gasteiger partial charge on any atom is 0.161 e. The van der Waals surface area contributed by atoms with Gasteiger partial charge in [-0.1, -0.05) is 18.2 Å². The van der Waals surface area contributed by atoms with Crippen molar-refractivity contribution in [2.75, 3.05) is 20.8 Å². The number of nitrogens with one attached hydrogen (secondary N) is 1. The molecule has 0 aromatic heterocycles. The Morgan fingerprint density at radius 1 is 1.23 bits per heavy atom. The molecule has 3 rings (SSSR count). The van der Waals surface area contributed by atoms with Crippen molar-refractivity contribution in [2.24, 2.45) is 5.92 Å². The Kier molecular flexibility index (Phi) is 4.41. The molecule has 1 saturated carbocycles. The summed E-state index contributed by atoms with van der Waals surface area (Å²) in [6.45, 7) is 1.02. The molecule has 1 aliphatic carbocycles. The summed E-state index contributed by atoms with van der Waals surface area (Å²) in [7, 11) is 3.26. The van der Waals surface area contributed by atoms with Crippen LogP contribution in [0.4, 0.5) is 0 Å². The molecule has 0 spiro atoms. The van der Waals surface area contributed by atoms with Gasteiger partial charge in [0.1, 0.15) is 0 Å². The minimum Gasteiger partial charge on any atom is -0.493 e. The van der Waals surface area contributed by atoms with Gasteiger partial charge in [-0.25, -0.2) is 0 Å². The Bertz CT molecular complexity index is 557. The van der Waals surface area contributed by atoms with Gasteiger partial charge in [0.15, 0.2) is 11.5 Å². The zero-order valence-electron chi connectivity index (χ0n) is 13.3. The molecule has 2 aliphatic rings. The van der Waals surface area contributed by atoms with Crippen LogP contribution < -0.4 is 14.8 Å². The van der Waals surface area contributed by atoms with Crippen molar-refractivity contribution >= 4 is 6.08 Å². The molecule has 1 saturated heterocycles. The van der Waals surface area contributed by atoms with Gasteiger partial charge in [-0.15, -0.1) is 0 Å². The van der Waals surface area contributed by atoms with E-state index in [9.17, 15) is 5.11 Å². The Labute approximate surface area is 132 Å². The fourth-order valence-electron chi connectivity index (χ4n) is 3.86. The smallest absolute Gasteiger partial charge is 0.161 e. The second-order valence-electron chi connectivity index (χ2n) is 6.29. The normalized spacial score (nSPS) is 31.2. The highest BCUT2D eigenvalue weighted by atomic mass is 16.5. The number of rotatable bonds is 4. The first kappa shape index (κ1) is 15.4. The van der Waals surface area contributed by atoms with Gasteiger partial charge in [0.05, 0.1) is 19.8 Å². The van der Waals surface area contributed by atoms with E-state index in [4.69, 9.17) is 9.47 Å². The SMILES string of the molecule is COc1ccc(C=CC2(O)CCCC3NCCC32)cc1OC. The van der Waals surface area contributed by atoms with Gasteiger partial charge in [-0.05, 0) is 49.9 Å². The number of ether oxygens (including phenoxy) is 2. The Balaban J connectivity index is 1.80. The van der Waals surface area contributed by atoms with Crippen molar-refractivity contribution in [3.05, 3.63) is 29.8 Å². The minimum atomic E-state index is -0.695. The first-order valence-electron chi connectivity index (χ1n) is 8.03. The third-order valence-electron chi connectivity index (χ3n) is 5.05. The summed E-state index contributed by atoms with van der Waals surface area (Å²) < 4.78 is 10.6. The van der Waals surface area contributed by atoms with Crippen molar-refractivity contribution < 1.29 is 14.6 Å². The standard InChI is InChI=1S/C18H25NO3/c1-21-16-6-5-13(12-17(16)22-2)7-10-18(20)9-3-4-15-14(18)8-11-19-15/h5-7,10,12,14-15,19-20H,3-4,8-9,11H2,1-2H3. The second kappa shape index (κ2) is 6.31. The molecule has 1 aliphatic heterocycles. The van der Waals surface area contributed by atoms with Crippen LogP contribution in [0.5, 0.6) is 11.5 Å². The monoisotopic (exact) mass is 303 g/mol. The number of benzene rings is 1. The molecular weight excluding hydrogens is 278 g/mol. The van der Waals surface area contributed by atoms with Gasteiger partial charge in [0, 0.05) is 12.0 Å². The van der Waals surface area contributed by atoms with E-state index in [2.05, 4.69) is 5.32 Å². The second-order valence-corrected chi connectivity index (χ2v) is 6.29. The van der Waals surface area contributed by atoms with Crippen LogP contribution in [0, 0.1) is 5.92 Å². The summed E-state index contributed by atoms with van der Waals surface area (Å²) in [6.07, 6.45) is 8.13. The van der Waals surface area contributed by atoms with Crippen LogP contribution in [-0.2, 0) is 0 Å². The van der Waals surface area contributed by atoms with E-state index in [0.717, 1.165) is 37.1 Å². The van der Waals surface area contributed by atoms with Crippen molar-refractivity contribution in [3.8, 4) is 11.5 Å². The zero-order valence-corrected chi connectivity index (χ0v) is 13.3. The van der Waals surface area contributed by atoms with Gasteiger partial charge in [0.25, 0.3) is 0 Å². The maximum absolute atomic E-state index is 11.0. The number of hydrogen-bond acceptors (Lipinski definition) is 4. The minimum absolute atomic E-state index is 0.331. The van der Waals surface area contributed by atoms with Crippen molar-refractivity contribution in [3.63, 3.8) is 0 Å². The number of aliphatic hydroxyl groups is 1.